The molecule has 26 heavy (non-hydrogen) atoms. The van der Waals surface area contributed by atoms with Gasteiger partial charge in [0, 0.05) is 37.4 Å². The number of H-pyrrole nitrogens is 1. The Labute approximate surface area is 156 Å². The number of aromatic amines is 1. The molecule has 2 aliphatic rings. The van der Waals surface area contributed by atoms with E-state index >= 15 is 0 Å². The molecule has 2 heterocycles. The predicted molar refractivity (Wildman–Crippen MR) is 102 cm³/mol. The largest absolute Gasteiger partial charge is 0.379 e. The number of likely N-dealkylation sites (tertiary alicyclic amines) is 1. The number of aliphatic hydroxyl groups is 1. The molecule has 0 spiro atoms. The van der Waals surface area contributed by atoms with Crippen molar-refractivity contribution in [3.8, 4) is 0 Å². The van der Waals surface area contributed by atoms with E-state index in [0.717, 1.165) is 48.8 Å². The van der Waals surface area contributed by atoms with Gasteiger partial charge in [0.15, 0.2) is 5.60 Å². The zero-order valence-electron chi connectivity index (χ0n) is 16.3. The molecule has 1 atom stereocenters. The minimum atomic E-state index is -1.27. The van der Waals surface area contributed by atoms with Gasteiger partial charge in [0.1, 0.15) is 0 Å². The molecular formula is C20H34N4O2. The second-order valence-corrected chi connectivity index (χ2v) is 8.24. The molecule has 1 saturated heterocycles. The van der Waals surface area contributed by atoms with Crippen molar-refractivity contribution in [3.05, 3.63) is 17.0 Å². The first kappa shape index (κ1) is 19.4. The molecule has 1 aromatic heterocycles. The molecule has 0 radical (unpaired) electrons. The lowest BCUT2D eigenvalue weighted by molar-refractivity contribution is -0.156. The normalized spacial score (nSPS) is 25.0. The standard InChI is InChI=1S/C20H34N4O2/c1-15-18(16(2)23-22-15)13-21-14-20(26)10-6-11-24(19(20)25)12-9-17-7-4-3-5-8-17/h17,21,26H,3-14H2,1-2H3,(H,22,23)/t20-/m0/s1. The van der Waals surface area contributed by atoms with Gasteiger partial charge in [-0.1, -0.05) is 32.1 Å². The Hall–Kier alpha value is -1.40. The highest BCUT2D eigenvalue weighted by molar-refractivity contribution is 5.86. The maximum atomic E-state index is 12.9. The number of hydrogen-bond donors (Lipinski definition) is 3. The quantitative estimate of drug-likeness (QED) is 0.696. The Kier molecular flexibility index (Phi) is 6.35. The van der Waals surface area contributed by atoms with Crippen LogP contribution in [0.5, 0.6) is 0 Å². The van der Waals surface area contributed by atoms with E-state index in [4.69, 9.17) is 0 Å². The van der Waals surface area contributed by atoms with E-state index in [-0.39, 0.29) is 5.91 Å². The van der Waals surface area contributed by atoms with Crippen LogP contribution in [0.25, 0.3) is 0 Å². The first-order chi connectivity index (χ1) is 12.5. The van der Waals surface area contributed by atoms with Crippen LogP contribution in [0.1, 0.15) is 68.3 Å². The molecule has 1 aromatic rings. The summed E-state index contributed by atoms with van der Waals surface area (Å²) in [5, 5.41) is 21.4. The van der Waals surface area contributed by atoms with Crippen molar-refractivity contribution < 1.29 is 9.90 Å². The van der Waals surface area contributed by atoms with Gasteiger partial charge in [-0.25, -0.2) is 0 Å². The molecule has 1 aliphatic carbocycles. The maximum absolute atomic E-state index is 12.9. The van der Waals surface area contributed by atoms with Crippen LogP contribution in [0, 0.1) is 19.8 Å². The van der Waals surface area contributed by atoms with Crippen LogP contribution in [0.15, 0.2) is 0 Å². The number of amides is 1. The van der Waals surface area contributed by atoms with E-state index < -0.39 is 5.60 Å². The first-order valence-electron chi connectivity index (χ1n) is 10.2. The highest BCUT2D eigenvalue weighted by atomic mass is 16.3. The van der Waals surface area contributed by atoms with Crippen molar-refractivity contribution in [2.75, 3.05) is 19.6 Å². The van der Waals surface area contributed by atoms with E-state index in [0.29, 0.717) is 19.5 Å². The third kappa shape index (κ3) is 4.46. The van der Waals surface area contributed by atoms with Crippen LogP contribution in [-0.4, -0.2) is 51.3 Å². The molecule has 146 valence electrons. The molecule has 2 fully saturated rings. The molecule has 1 saturated carbocycles. The van der Waals surface area contributed by atoms with Crippen LogP contribution in [0.2, 0.25) is 0 Å². The Bertz CT molecular complexity index is 589. The fraction of sp³-hybridized carbons (Fsp3) is 0.800. The lowest BCUT2D eigenvalue weighted by atomic mass is 9.86. The van der Waals surface area contributed by atoms with E-state index in [9.17, 15) is 9.90 Å². The van der Waals surface area contributed by atoms with E-state index in [1.54, 1.807) is 0 Å². The molecule has 0 unspecified atom stereocenters. The van der Waals surface area contributed by atoms with Crippen molar-refractivity contribution in [2.45, 2.75) is 77.4 Å². The molecule has 3 rings (SSSR count). The number of piperidine rings is 1. The molecule has 1 amide bonds. The minimum Gasteiger partial charge on any atom is -0.379 e. The van der Waals surface area contributed by atoms with Gasteiger partial charge in [-0.3, -0.25) is 9.89 Å². The second kappa shape index (κ2) is 8.53. The van der Waals surface area contributed by atoms with Gasteiger partial charge >= 0.3 is 0 Å². The van der Waals surface area contributed by atoms with E-state index in [2.05, 4.69) is 15.5 Å². The molecule has 3 N–H and O–H groups in total. The van der Waals surface area contributed by atoms with E-state index in [1.165, 1.54) is 32.1 Å². The Morgan fingerprint density at radius 3 is 2.73 bits per heavy atom. The number of nitrogens with zero attached hydrogens (tertiary/aromatic N) is 2. The zero-order valence-corrected chi connectivity index (χ0v) is 16.3. The van der Waals surface area contributed by atoms with Gasteiger partial charge in [0.25, 0.3) is 5.91 Å². The molecular weight excluding hydrogens is 328 g/mol. The number of nitrogens with one attached hydrogen (secondary N) is 2. The highest BCUT2D eigenvalue weighted by Crippen LogP contribution is 2.28. The lowest BCUT2D eigenvalue weighted by Gasteiger charge is -2.39. The summed E-state index contributed by atoms with van der Waals surface area (Å²) in [6.45, 7) is 6.46. The number of carbonyl (C=O) groups is 1. The summed E-state index contributed by atoms with van der Waals surface area (Å²) in [6.07, 6.45) is 9.14. The number of rotatable bonds is 7. The van der Waals surface area contributed by atoms with Gasteiger partial charge in [-0.15, -0.1) is 0 Å². The summed E-state index contributed by atoms with van der Waals surface area (Å²) in [5.41, 5.74) is 1.85. The van der Waals surface area contributed by atoms with Crippen molar-refractivity contribution in [1.29, 1.82) is 0 Å². The monoisotopic (exact) mass is 362 g/mol. The van der Waals surface area contributed by atoms with Gasteiger partial charge in [0.05, 0.1) is 5.69 Å². The lowest BCUT2D eigenvalue weighted by Crippen LogP contribution is -2.58. The summed E-state index contributed by atoms with van der Waals surface area (Å²) in [4.78, 5) is 14.8. The minimum absolute atomic E-state index is 0.0901. The predicted octanol–water partition coefficient (Wildman–Crippen LogP) is 2.44. The van der Waals surface area contributed by atoms with Crippen LogP contribution in [0.3, 0.4) is 0 Å². The summed E-state index contributed by atoms with van der Waals surface area (Å²) >= 11 is 0. The van der Waals surface area contributed by atoms with Crippen molar-refractivity contribution >= 4 is 5.91 Å². The average Bonchev–Trinajstić information content (AvgIpc) is 2.96. The third-order valence-corrected chi connectivity index (χ3v) is 6.24. The van der Waals surface area contributed by atoms with Gasteiger partial charge in [-0.05, 0) is 39.0 Å². The van der Waals surface area contributed by atoms with Crippen LogP contribution in [-0.2, 0) is 11.3 Å². The number of aryl methyl sites for hydroxylation is 2. The first-order valence-corrected chi connectivity index (χ1v) is 10.2. The Morgan fingerprint density at radius 2 is 2.04 bits per heavy atom. The van der Waals surface area contributed by atoms with Crippen LogP contribution < -0.4 is 5.32 Å². The zero-order chi connectivity index (χ0) is 18.6. The summed E-state index contributed by atoms with van der Waals surface area (Å²) in [6, 6.07) is 0. The van der Waals surface area contributed by atoms with Gasteiger partial charge in [0.2, 0.25) is 0 Å². The topological polar surface area (TPSA) is 81.2 Å². The van der Waals surface area contributed by atoms with Gasteiger partial charge < -0.3 is 15.3 Å². The number of aromatic nitrogens is 2. The van der Waals surface area contributed by atoms with Crippen molar-refractivity contribution in [2.24, 2.45) is 5.92 Å². The Balaban J connectivity index is 1.50. The Morgan fingerprint density at radius 1 is 1.27 bits per heavy atom. The molecule has 0 aromatic carbocycles. The van der Waals surface area contributed by atoms with Gasteiger partial charge in [-0.2, -0.15) is 5.10 Å². The number of hydrogen-bond acceptors (Lipinski definition) is 4. The summed E-state index contributed by atoms with van der Waals surface area (Å²) in [5.74, 6) is 0.671. The molecule has 0 bridgehead atoms. The SMILES string of the molecule is Cc1n[nH]c(C)c1CNC[C@@]1(O)CCCN(CCC2CCCCC2)C1=O. The summed E-state index contributed by atoms with van der Waals surface area (Å²) < 4.78 is 0. The van der Waals surface area contributed by atoms with Crippen molar-refractivity contribution in [1.82, 2.24) is 20.4 Å². The van der Waals surface area contributed by atoms with Crippen molar-refractivity contribution in [3.63, 3.8) is 0 Å². The van der Waals surface area contributed by atoms with Crippen LogP contribution >= 0.6 is 0 Å². The fourth-order valence-electron chi connectivity index (χ4n) is 4.49. The molecule has 6 nitrogen and oxygen atoms in total. The smallest absolute Gasteiger partial charge is 0.255 e. The van der Waals surface area contributed by atoms with Crippen LogP contribution in [0.4, 0.5) is 0 Å². The fourth-order valence-corrected chi connectivity index (χ4v) is 4.49. The molecule has 6 heteroatoms. The average molecular weight is 363 g/mol. The number of carbonyl (C=O) groups excluding carboxylic acids is 1. The highest BCUT2D eigenvalue weighted by Gasteiger charge is 2.41. The summed E-state index contributed by atoms with van der Waals surface area (Å²) in [7, 11) is 0. The maximum Gasteiger partial charge on any atom is 0.255 e. The second-order valence-electron chi connectivity index (χ2n) is 8.24. The third-order valence-electron chi connectivity index (χ3n) is 6.24. The molecule has 1 aliphatic heterocycles. The van der Waals surface area contributed by atoms with E-state index in [1.807, 2.05) is 18.7 Å².